The van der Waals surface area contributed by atoms with Crippen molar-refractivity contribution in [3.8, 4) is 0 Å². The molecular formula is C15H18Cl2N2O. The topological polar surface area (TPSA) is 46.3 Å². The van der Waals surface area contributed by atoms with Crippen molar-refractivity contribution >= 4 is 29.1 Å². The maximum atomic E-state index is 12.5. The van der Waals surface area contributed by atoms with Crippen LogP contribution in [0.15, 0.2) is 18.2 Å². The number of hydrogen-bond donors (Lipinski definition) is 1. The van der Waals surface area contributed by atoms with Gasteiger partial charge in [0.2, 0.25) is 5.91 Å². The fourth-order valence-corrected chi connectivity index (χ4v) is 3.42. The van der Waals surface area contributed by atoms with Crippen LogP contribution in [0.4, 0.5) is 0 Å². The number of carbonyl (C=O) groups excluding carboxylic acids is 1. The lowest BCUT2D eigenvalue weighted by molar-refractivity contribution is -0.133. The first-order valence-electron chi connectivity index (χ1n) is 7.06. The molecule has 5 heteroatoms. The summed E-state index contributed by atoms with van der Waals surface area (Å²) in [6.07, 6.45) is 2.68. The van der Waals surface area contributed by atoms with Crippen molar-refractivity contribution in [3.05, 3.63) is 33.8 Å². The highest BCUT2D eigenvalue weighted by molar-refractivity contribution is 6.42. The molecule has 0 radical (unpaired) electrons. The lowest BCUT2D eigenvalue weighted by Gasteiger charge is -2.30. The summed E-state index contributed by atoms with van der Waals surface area (Å²) in [4.78, 5) is 14.4. The maximum absolute atomic E-state index is 12.5. The molecule has 0 bridgehead atoms. The van der Waals surface area contributed by atoms with Gasteiger partial charge in [-0.1, -0.05) is 35.3 Å². The van der Waals surface area contributed by atoms with E-state index in [-0.39, 0.29) is 23.8 Å². The standard InChI is InChI=1S/C15H18Cl2N2O/c16-13-3-1-2-10(14(13)17)11-8-12(11)15(20)19-6-4-9(18)5-7-19/h1-3,9,11-12H,4-8,18H2/t11-,12+/m0/s1. The largest absolute Gasteiger partial charge is 0.342 e. The number of piperidine rings is 1. The van der Waals surface area contributed by atoms with Gasteiger partial charge in [-0.2, -0.15) is 0 Å². The van der Waals surface area contributed by atoms with E-state index in [0.717, 1.165) is 37.9 Å². The molecule has 0 aromatic heterocycles. The summed E-state index contributed by atoms with van der Waals surface area (Å²) < 4.78 is 0. The zero-order valence-electron chi connectivity index (χ0n) is 11.2. The molecule has 108 valence electrons. The monoisotopic (exact) mass is 312 g/mol. The molecule has 1 aromatic carbocycles. The van der Waals surface area contributed by atoms with Crippen LogP contribution in [-0.4, -0.2) is 29.9 Å². The molecule has 1 aromatic rings. The van der Waals surface area contributed by atoms with E-state index in [9.17, 15) is 4.79 Å². The number of likely N-dealkylation sites (tertiary alicyclic amines) is 1. The van der Waals surface area contributed by atoms with Gasteiger partial charge in [-0.3, -0.25) is 4.79 Å². The average molecular weight is 313 g/mol. The Labute approximate surface area is 129 Å². The summed E-state index contributed by atoms with van der Waals surface area (Å²) in [5.41, 5.74) is 6.88. The summed E-state index contributed by atoms with van der Waals surface area (Å²) in [5.74, 6) is 0.544. The first-order chi connectivity index (χ1) is 9.58. The number of benzene rings is 1. The minimum atomic E-state index is 0.0697. The second-order valence-corrected chi connectivity index (χ2v) is 6.54. The first-order valence-corrected chi connectivity index (χ1v) is 7.82. The number of amides is 1. The molecule has 2 atom stereocenters. The van der Waals surface area contributed by atoms with Crippen LogP contribution in [0.25, 0.3) is 0 Å². The van der Waals surface area contributed by atoms with Gasteiger partial charge in [-0.05, 0) is 36.8 Å². The summed E-state index contributed by atoms with van der Waals surface area (Å²) in [6, 6.07) is 5.89. The Morgan fingerprint density at radius 2 is 1.95 bits per heavy atom. The van der Waals surface area contributed by atoms with Gasteiger partial charge in [0.1, 0.15) is 0 Å². The number of nitrogens with two attached hydrogens (primary N) is 1. The van der Waals surface area contributed by atoms with Gasteiger partial charge in [0.05, 0.1) is 10.0 Å². The Bertz CT molecular complexity index is 527. The van der Waals surface area contributed by atoms with Gasteiger partial charge in [0.25, 0.3) is 0 Å². The number of rotatable bonds is 2. The molecule has 2 aliphatic rings. The molecule has 3 nitrogen and oxygen atoms in total. The number of hydrogen-bond acceptors (Lipinski definition) is 2. The third kappa shape index (κ3) is 2.67. The first kappa shape index (κ1) is 14.2. The quantitative estimate of drug-likeness (QED) is 0.912. The maximum Gasteiger partial charge on any atom is 0.226 e. The third-order valence-corrected chi connectivity index (χ3v) is 5.17. The Morgan fingerprint density at radius 1 is 1.25 bits per heavy atom. The highest BCUT2D eigenvalue weighted by Crippen LogP contribution is 2.51. The smallest absolute Gasteiger partial charge is 0.226 e. The van der Waals surface area contributed by atoms with E-state index in [2.05, 4.69) is 0 Å². The van der Waals surface area contributed by atoms with E-state index in [4.69, 9.17) is 28.9 Å². The molecule has 3 rings (SSSR count). The second kappa shape index (κ2) is 5.55. The van der Waals surface area contributed by atoms with E-state index in [1.165, 1.54) is 0 Å². The van der Waals surface area contributed by atoms with Crippen LogP contribution >= 0.6 is 23.2 Å². The van der Waals surface area contributed by atoms with E-state index >= 15 is 0 Å². The van der Waals surface area contributed by atoms with Crippen LogP contribution in [-0.2, 0) is 4.79 Å². The van der Waals surface area contributed by atoms with Gasteiger partial charge in [0.15, 0.2) is 0 Å². The molecule has 1 saturated heterocycles. The summed E-state index contributed by atoms with van der Waals surface area (Å²) in [6.45, 7) is 1.57. The second-order valence-electron chi connectivity index (χ2n) is 5.75. The van der Waals surface area contributed by atoms with Crippen molar-refractivity contribution in [2.45, 2.75) is 31.2 Å². The van der Waals surface area contributed by atoms with E-state index in [1.54, 1.807) is 6.07 Å². The predicted molar refractivity (Wildman–Crippen MR) is 81.1 cm³/mol. The van der Waals surface area contributed by atoms with Crippen molar-refractivity contribution in [3.63, 3.8) is 0 Å². The molecule has 2 N–H and O–H groups in total. The van der Waals surface area contributed by atoms with Crippen LogP contribution in [0.1, 0.15) is 30.7 Å². The van der Waals surface area contributed by atoms with Crippen LogP contribution in [0.5, 0.6) is 0 Å². The van der Waals surface area contributed by atoms with E-state index in [1.807, 2.05) is 17.0 Å². The lowest BCUT2D eigenvalue weighted by atomic mass is 10.0. The van der Waals surface area contributed by atoms with E-state index < -0.39 is 0 Å². The molecule has 2 fully saturated rings. The normalized spacial score (nSPS) is 26.6. The lowest BCUT2D eigenvalue weighted by Crippen LogP contribution is -2.43. The highest BCUT2D eigenvalue weighted by Gasteiger charge is 2.47. The SMILES string of the molecule is NC1CCN(C(=O)[C@@H]2C[C@H]2c2cccc(Cl)c2Cl)CC1. The van der Waals surface area contributed by atoms with Crippen molar-refractivity contribution < 1.29 is 4.79 Å². The van der Waals surface area contributed by atoms with Gasteiger partial charge in [0, 0.05) is 25.0 Å². The van der Waals surface area contributed by atoms with Crippen LogP contribution < -0.4 is 5.73 Å². The predicted octanol–water partition coefficient (Wildman–Crippen LogP) is 3.05. The Hall–Kier alpha value is -0.770. The average Bonchev–Trinajstić information content (AvgIpc) is 3.22. The van der Waals surface area contributed by atoms with Gasteiger partial charge < -0.3 is 10.6 Å². The Morgan fingerprint density at radius 3 is 2.65 bits per heavy atom. The molecule has 0 unspecified atom stereocenters. The molecular weight excluding hydrogens is 295 g/mol. The van der Waals surface area contributed by atoms with Gasteiger partial charge in [-0.25, -0.2) is 0 Å². The zero-order valence-corrected chi connectivity index (χ0v) is 12.7. The van der Waals surface area contributed by atoms with Gasteiger partial charge in [-0.15, -0.1) is 0 Å². The highest BCUT2D eigenvalue weighted by atomic mass is 35.5. The van der Waals surface area contributed by atoms with Crippen LogP contribution in [0.3, 0.4) is 0 Å². The van der Waals surface area contributed by atoms with Crippen molar-refractivity contribution in [2.75, 3.05) is 13.1 Å². The zero-order chi connectivity index (χ0) is 14.3. The Balaban J connectivity index is 1.67. The van der Waals surface area contributed by atoms with Crippen LogP contribution in [0.2, 0.25) is 10.0 Å². The van der Waals surface area contributed by atoms with Crippen molar-refractivity contribution in [1.29, 1.82) is 0 Å². The minimum absolute atomic E-state index is 0.0697. The third-order valence-electron chi connectivity index (χ3n) is 4.34. The van der Waals surface area contributed by atoms with Crippen LogP contribution in [0, 0.1) is 5.92 Å². The Kier molecular flexibility index (Phi) is 3.93. The number of halogens is 2. The minimum Gasteiger partial charge on any atom is -0.342 e. The molecule has 1 aliphatic carbocycles. The molecule has 1 amide bonds. The molecule has 20 heavy (non-hydrogen) atoms. The molecule has 1 heterocycles. The fraction of sp³-hybridized carbons (Fsp3) is 0.533. The number of carbonyl (C=O) groups is 1. The molecule has 1 saturated carbocycles. The van der Waals surface area contributed by atoms with E-state index in [0.29, 0.717) is 10.0 Å². The molecule has 1 aliphatic heterocycles. The van der Waals surface area contributed by atoms with Gasteiger partial charge >= 0.3 is 0 Å². The summed E-state index contributed by atoms with van der Waals surface area (Å²) in [5, 5.41) is 1.15. The van der Waals surface area contributed by atoms with Crippen molar-refractivity contribution in [1.82, 2.24) is 4.90 Å². The molecule has 0 spiro atoms. The summed E-state index contributed by atoms with van der Waals surface area (Å²) in [7, 11) is 0. The number of nitrogens with zero attached hydrogens (tertiary/aromatic N) is 1. The fourth-order valence-electron chi connectivity index (χ4n) is 2.97. The van der Waals surface area contributed by atoms with Crippen molar-refractivity contribution in [2.24, 2.45) is 11.7 Å². The summed E-state index contributed by atoms with van der Waals surface area (Å²) >= 11 is 12.3.